The van der Waals surface area contributed by atoms with Crippen molar-refractivity contribution in [2.24, 2.45) is 0 Å². The first-order chi connectivity index (χ1) is 10.5. The lowest BCUT2D eigenvalue weighted by Gasteiger charge is -2.08. The maximum Gasteiger partial charge on any atom is 0.261 e. The van der Waals surface area contributed by atoms with Crippen LogP contribution in [0.4, 0.5) is 5.69 Å². The van der Waals surface area contributed by atoms with E-state index in [1.54, 1.807) is 18.3 Å². The Labute approximate surface area is 128 Å². The number of Topliss-reactive ketones (excluding diaryl/α,β-unsaturated/α-hetero) is 1. The zero-order chi connectivity index (χ0) is 15.7. The van der Waals surface area contributed by atoms with Gasteiger partial charge in [0, 0.05) is 17.3 Å². The van der Waals surface area contributed by atoms with Crippen molar-refractivity contribution in [1.82, 2.24) is 4.98 Å². The molecule has 0 spiro atoms. The van der Waals surface area contributed by atoms with E-state index < -0.39 is 10.0 Å². The fourth-order valence-electron chi connectivity index (χ4n) is 2.19. The van der Waals surface area contributed by atoms with Gasteiger partial charge < -0.3 is 4.98 Å². The first-order valence-electron chi connectivity index (χ1n) is 6.67. The van der Waals surface area contributed by atoms with Crippen LogP contribution < -0.4 is 4.72 Å². The highest BCUT2D eigenvalue weighted by Crippen LogP contribution is 2.21. The average Bonchev–Trinajstić information content (AvgIpc) is 2.94. The van der Waals surface area contributed by atoms with Gasteiger partial charge in [0.15, 0.2) is 5.78 Å². The van der Waals surface area contributed by atoms with E-state index >= 15 is 0 Å². The molecule has 0 atom stereocenters. The molecule has 3 aromatic rings. The van der Waals surface area contributed by atoms with Gasteiger partial charge in [-0.2, -0.15) is 0 Å². The molecular formula is C16H14N2O3S. The van der Waals surface area contributed by atoms with Crippen molar-refractivity contribution >= 4 is 32.4 Å². The van der Waals surface area contributed by atoms with E-state index in [1.165, 1.54) is 31.2 Å². The smallest absolute Gasteiger partial charge is 0.261 e. The molecular weight excluding hydrogens is 300 g/mol. The fourth-order valence-corrected chi connectivity index (χ4v) is 3.24. The van der Waals surface area contributed by atoms with Gasteiger partial charge in [-0.25, -0.2) is 8.42 Å². The number of aromatic amines is 1. The van der Waals surface area contributed by atoms with Gasteiger partial charge in [-0.1, -0.05) is 18.2 Å². The number of ketones is 1. The van der Waals surface area contributed by atoms with E-state index in [0.29, 0.717) is 11.3 Å². The van der Waals surface area contributed by atoms with E-state index in [4.69, 9.17) is 0 Å². The Kier molecular flexibility index (Phi) is 3.46. The average molecular weight is 314 g/mol. The third-order valence-corrected chi connectivity index (χ3v) is 4.78. The zero-order valence-electron chi connectivity index (χ0n) is 11.8. The fraction of sp³-hybridized carbons (Fsp3) is 0.0625. The van der Waals surface area contributed by atoms with Crippen molar-refractivity contribution in [3.63, 3.8) is 0 Å². The molecule has 0 aliphatic heterocycles. The molecule has 0 unspecified atom stereocenters. The lowest BCUT2D eigenvalue weighted by molar-refractivity contribution is 0.101. The molecule has 1 aromatic heterocycles. The van der Waals surface area contributed by atoms with E-state index in [-0.39, 0.29) is 10.7 Å². The molecule has 2 aromatic carbocycles. The van der Waals surface area contributed by atoms with Gasteiger partial charge >= 0.3 is 0 Å². The number of carbonyl (C=O) groups excluding carboxylic acids is 1. The highest BCUT2D eigenvalue weighted by molar-refractivity contribution is 7.92. The molecule has 5 nitrogen and oxygen atoms in total. The quantitative estimate of drug-likeness (QED) is 0.726. The molecule has 22 heavy (non-hydrogen) atoms. The maximum atomic E-state index is 12.4. The summed E-state index contributed by atoms with van der Waals surface area (Å²) in [6, 6.07) is 13.0. The number of hydrogen-bond donors (Lipinski definition) is 2. The molecule has 6 heteroatoms. The number of benzene rings is 2. The van der Waals surface area contributed by atoms with Gasteiger partial charge in [-0.3, -0.25) is 9.52 Å². The van der Waals surface area contributed by atoms with E-state index in [0.717, 1.165) is 10.9 Å². The first-order valence-corrected chi connectivity index (χ1v) is 8.15. The number of sulfonamides is 1. The molecule has 2 N–H and O–H groups in total. The van der Waals surface area contributed by atoms with E-state index in [2.05, 4.69) is 9.71 Å². The van der Waals surface area contributed by atoms with Crippen LogP contribution in [-0.2, 0) is 10.0 Å². The summed E-state index contributed by atoms with van der Waals surface area (Å²) in [6.07, 6.45) is 1.80. The largest absolute Gasteiger partial charge is 0.361 e. The number of anilines is 1. The van der Waals surface area contributed by atoms with Crippen LogP contribution in [0.1, 0.15) is 17.3 Å². The molecule has 0 fully saturated rings. The maximum absolute atomic E-state index is 12.4. The Morgan fingerprint density at radius 3 is 2.45 bits per heavy atom. The van der Waals surface area contributed by atoms with Crippen LogP contribution in [0.2, 0.25) is 0 Å². The minimum absolute atomic E-state index is 0.103. The monoisotopic (exact) mass is 314 g/mol. The van der Waals surface area contributed by atoms with Crippen LogP contribution in [0.15, 0.2) is 59.6 Å². The Bertz CT molecular complexity index is 941. The number of carbonyl (C=O) groups is 1. The van der Waals surface area contributed by atoms with Crippen LogP contribution >= 0.6 is 0 Å². The second-order valence-electron chi connectivity index (χ2n) is 4.97. The van der Waals surface area contributed by atoms with Gasteiger partial charge in [-0.15, -0.1) is 0 Å². The summed E-state index contributed by atoms with van der Waals surface area (Å²) in [7, 11) is -3.68. The first kappa shape index (κ1) is 14.3. The van der Waals surface area contributed by atoms with Gasteiger partial charge in [0.1, 0.15) is 0 Å². The SMILES string of the molecule is CC(=O)c1ccc(S(=O)(=O)Nc2ccc3cc[nH]c3c2)cc1. The summed E-state index contributed by atoms with van der Waals surface area (Å²) in [5, 5.41) is 1.01. The standard InChI is InChI=1S/C16H14N2O3S/c1-11(19)12-3-6-15(7-4-12)22(20,21)18-14-5-2-13-8-9-17-16(13)10-14/h2-10,17-18H,1H3. The van der Waals surface area contributed by atoms with Gasteiger partial charge in [0.05, 0.1) is 10.6 Å². The van der Waals surface area contributed by atoms with Crippen molar-refractivity contribution in [1.29, 1.82) is 0 Å². The molecule has 0 bridgehead atoms. The number of nitrogens with one attached hydrogen (secondary N) is 2. The number of hydrogen-bond acceptors (Lipinski definition) is 3. The normalized spacial score (nSPS) is 11.5. The highest BCUT2D eigenvalue weighted by Gasteiger charge is 2.14. The minimum atomic E-state index is -3.68. The molecule has 1 heterocycles. The number of aromatic nitrogens is 1. The Morgan fingerprint density at radius 1 is 1.05 bits per heavy atom. The third-order valence-electron chi connectivity index (χ3n) is 3.38. The number of fused-ring (bicyclic) bond motifs is 1. The summed E-state index contributed by atoms with van der Waals surface area (Å²) in [6.45, 7) is 1.44. The zero-order valence-corrected chi connectivity index (χ0v) is 12.6. The second kappa shape index (κ2) is 5.31. The molecule has 0 aliphatic rings. The molecule has 0 saturated heterocycles. The summed E-state index contributed by atoms with van der Waals surface area (Å²) >= 11 is 0. The lowest BCUT2D eigenvalue weighted by atomic mass is 10.2. The number of rotatable bonds is 4. The van der Waals surface area contributed by atoms with E-state index in [9.17, 15) is 13.2 Å². The van der Waals surface area contributed by atoms with E-state index in [1.807, 2.05) is 12.1 Å². The Hall–Kier alpha value is -2.60. The third kappa shape index (κ3) is 2.73. The van der Waals surface area contributed by atoms with Crippen molar-refractivity contribution in [2.75, 3.05) is 4.72 Å². The van der Waals surface area contributed by atoms with Crippen molar-refractivity contribution in [2.45, 2.75) is 11.8 Å². The predicted octanol–water partition coefficient (Wildman–Crippen LogP) is 3.17. The van der Waals surface area contributed by atoms with Crippen LogP contribution in [0, 0.1) is 0 Å². The van der Waals surface area contributed by atoms with Gasteiger partial charge in [0.2, 0.25) is 0 Å². The van der Waals surface area contributed by atoms with Gasteiger partial charge in [0.25, 0.3) is 10.0 Å². The minimum Gasteiger partial charge on any atom is -0.361 e. The molecule has 3 rings (SSSR count). The van der Waals surface area contributed by atoms with Crippen molar-refractivity contribution in [3.05, 3.63) is 60.3 Å². The van der Waals surface area contributed by atoms with Crippen molar-refractivity contribution < 1.29 is 13.2 Å². The van der Waals surface area contributed by atoms with Crippen LogP contribution in [0.25, 0.3) is 10.9 Å². The Morgan fingerprint density at radius 2 is 1.77 bits per heavy atom. The Balaban J connectivity index is 1.90. The molecule has 112 valence electrons. The predicted molar refractivity (Wildman–Crippen MR) is 85.6 cm³/mol. The lowest BCUT2D eigenvalue weighted by Crippen LogP contribution is -2.13. The number of H-pyrrole nitrogens is 1. The van der Waals surface area contributed by atoms with Crippen molar-refractivity contribution in [3.8, 4) is 0 Å². The second-order valence-corrected chi connectivity index (χ2v) is 6.65. The summed E-state index contributed by atoms with van der Waals surface area (Å²) in [4.78, 5) is 14.4. The summed E-state index contributed by atoms with van der Waals surface area (Å²) in [5.74, 6) is -0.103. The topological polar surface area (TPSA) is 79.0 Å². The molecule has 0 radical (unpaired) electrons. The summed E-state index contributed by atoms with van der Waals surface area (Å²) in [5.41, 5.74) is 1.81. The van der Waals surface area contributed by atoms with Crippen LogP contribution in [-0.4, -0.2) is 19.2 Å². The molecule has 0 aliphatic carbocycles. The highest BCUT2D eigenvalue weighted by atomic mass is 32.2. The van der Waals surface area contributed by atoms with Crippen LogP contribution in [0.3, 0.4) is 0 Å². The van der Waals surface area contributed by atoms with Gasteiger partial charge in [-0.05, 0) is 42.6 Å². The van der Waals surface area contributed by atoms with Crippen LogP contribution in [0.5, 0.6) is 0 Å². The molecule has 0 saturated carbocycles. The summed E-state index contributed by atoms with van der Waals surface area (Å²) < 4.78 is 27.2. The molecule has 0 amide bonds.